The summed E-state index contributed by atoms with van der Waals surface area (Å²) in [4.78, 5) is 0. The largest absolute Gasteiger partial charge is 0.456 e. The second-order valence-electron chi connectivity index (χ2n) is 13.2. The van der Waals surface area contributed by atoms with Crippen LogP contribution < -0.4 is 0 Å². The second kappa shape index (κ2) is 10.6. The average molecular weight is 653 g/mol. The van der Waals surface area contributed by atoms with Crippen molar-refractivity contribution in [3.05, 3.63) is 170 Å². The SMILES string of the molecule is c1ccc(-c2c3ccccc3c(-c3ccc(-c4ccc5oc6cc7sc8ccc9ccccc9c8c7cc6c5c4)cc3)c3ccccc23)cc1. The Morgan fingerprint density at radius 2 is 0.880 bits per heavy atom. The highest BCUT2D eigenvalue weighted by Gasteiger charge is 2.18. The van der Waals surface area contributed by atoms with E-state index in [1.165, 1.54) is 85.9 Å². The lowest BCUT2D eigenvalue weighted by molar-refractivity contribution is 0.669. The highest BCUT2D eigenvalue weighted by Crippen LogP contribution is 2.45. The summed E-state index contributed by atoms with van der Waals surface area (Å²) in [6.07, 6.45) is 0. The van der Waals surface area contributed by atoms with Crippen molar-refractivity contribution in [1.29, 1.82) is 0 Å². The Bertz CT molecular complexity index is 3070. The lowest BCUT2D eigenvalue weighted by Gasteiger charge is -2.18. The van der Waals surface area contributed by atoms with Gasteiger partial charge in [-0.05, 0) is 96.0 Å². The van der Waals surface area contributed by atoms with Gasteiger partial charge < -0.3 is 4.42 Å². The molecule has 2 aromatic heterocycles. The first-order chi connectivity index (χ1) is 24.8. The molecule has 0 amide bonds. The van der Waals surface area contributed by atoms with Gasteiger partial charge in [0.1, 0.15) is 11.2 Å². The quantitative estimate of drug-likeness (QED) is 0.173. The van der Waals surface area contributed by atoms with Gasteiger partial charge in [0.15, 0.2) is 0 Å². The fourth-order valence-electron chi connectivity index (χ4n) is 8.18. The molecule has 50 heavy (non-hydrogen) atoms. The molecule has 9 aromatic carbocycles. The van der Waals surface area contributed by atoms with Gasteiger partial charge in [0.2, 0.25) is 0 Å². The van der Waals surface area contributed by atoms with Crippen LogP contribution in [0.25, 0.3) is 108 Å². The summed E-state index contributed by atoms with van der Waals surface area (Å²) >= 11 is 1.84. The van der Waals surface area contributed by atoms with E-state index in [0.29, 0.717) is 0 Å². The Morgan fingerprint density at radius 1 is 0.320 bits per heavy atom. The van der Waals surface area contributed by atoms with Gasteiger partial charge in [0, 0.05) is 30.9 Å². The average Bonchev–Trinajstić information content (AvgIpc) is 3.73. The Kier molecular flexibility index (Phi) is 5.89. The van der Waals surface area contributed by atoms with Crippen LogP contribution in [0.5, 0.6) is 0 Å². The fraction of sp³-hybridized carbons (Fsp3) is 0. The van der Waals surface area contributed by atoms with E-state index >= 15 is 0 Å². The van der Waals surface area contributed by atoms with E-state index in [0.717, 1.165) is 21.9 Å². The minimum absolute atomic E-state index is 0.920. The number of rotatable bonds is 3. The third kappa shape index (κ3) is 4.06. The van der Waals surface area contributed by atoms with E-state index in [1.807, 2.05) is 11.3 Å². The third-order valence-electron chi connectivity index (χ3n) is 10.5. The van der Waals surface area contributed by atoms with Gasteiger partial charge in [-0.3, -0.25) is 0 Å². The summed E-state index contributed by atoms with van der Waals surface area (Å²) in [7, 11) is 0. The van der Waals surface area contributed by atoms with Gasteiger partial charge in [-0.2, -0.15) is 0 Å². The molecule has 0 bridgehead atoms. The third-order valence-corrected chi connectivity index (χ3v) is 11.6. The van der Waals surface area contributed by atoms with E-state index in [-0.39, 0.29) is 0 Å². The minimum atomic E-state index is 0.920. The van der Waals surface area contributed by atoms with Crippen molar-refractivity contribution in [2.24, 2.45) is 0 Å². The molecule has 0 aliphatic carbocycles. The molecule has 11 aromatic rings. The molecule has 0 spiro atoms. The molecule has 0 atom stereocenters. The maximum Gasteiger partial charge on any atom is 0.136 e. The van der Waals surface area contributed by atoms with E-state index in [4.69, 9.17) is 4.42 Å². The summed E-state index contributed by atoms with van der Waals surface area (Å²) in [5.41, 5.74) is 9.25. The first kappa shape index (κ1) is 27.7. The van der Waals surface area contributed by atoms with E-state index < -0.39 is 0 Å². The summed E-state index contributed by atoms with van der Waals surface area (Å²) in [5.74, 6) is 0. The molecule has 0 N–H and O–H groups in total. The predicted molar refractivity (Wildman–Crippen MR) is 215 cm³/mol. The van der Waals surface area contributed by atoms with Crippen molar-refractivity contribution in [2.45, 2.75) is 0 Å². The highest BCUT2D eigenvalue weighted by atomic mass is 32.1. The molecular formula is C48H28OS. The number of benzene rings is 9. The Balaban J connectivity index is 1.06. The van der Waals surface area contributed by atoms with Crippen molar-refractivity contribution >= 4 is 85.8 Å². The molecule has 0 saturated carbocycles. The van der Waals surface area contributed by atoms with Gasteiger partial charge in [-0.15, -0.1) is 11.3 Å². The molecule has 0 unspecified atom stereocenters. The lowest BCUT2D eigenvalue weighted by Crippen LogP contribution is -1.90. The summed E-state index contributed by atoms with van der Waals surface area (Å²) < 4.78 is 9.01. The van der Waals surface area contributed by atoms with Crippen LogP contribution in [-0.2, 0) is 0 Å². The Labute approximate surface area is 292 Å². The van der Waals surface area contributed by atoms with Crippen molar-refractivity contribution in [2.75, 3.05) is 0 Å². The first-order valence-electron chi connectivity index (χ1n) is 17.1. The second-order valence-corrected chi connectivity index (χ2v) is 14.3. The van der Waals surface area contributed by atoms with Crippen LogP contribution in [0.15, 0.2) is 174 Å². The van der Waals surface area contributed by atoms with Crippen molar-refractivity contribution < 1.29 is 4.42 Å². The molecule has 1 nitrogen and oxygen atoms in total. The number of thiophene rings is 1. The zero-order chi connectivity index (χ0) is 32.8. The Morgan fingerprint density at radius 3 is 1.58 bits per heavy atom. The summed E-state index contributed by atoms with van der Waals surface area (Å²) in [6, 6.07) is 62.0. The van der Waals surface area contributed by atoms with Crippen molar-refractivity contribution in [3.8, 4) is 33.4 Å². The molecular weight excluding hydrogens is 625 g/mol. The Hall–Kier alpha value is -6.22. The van der Waals surface area contributed by atoms with Gasteiger partial charge in [-0.1, -0.05) is 140 Å². The van der Waals surface area contributed by atoms with Crippen LogP contribution >= 0.6 is 11.3 Å². The molecule has 232 valence electrons. The van der Waals surface area contributed by atoms with Gasteiger partial charge in [-0.25, -0.2) is 0 Å². The molecule has 0 aliphatic rings. The predicted octanol–water partition coefficient (Wildman–Crippen LogP) is 14.4. The van der Waals surface area contributed by atoms with Crippen LogP contribution in [0, 0.1) is 0 Å². The molecule has 11 rings (SSSR count). The highest BCUT2D eigenvalue weighted by molar-refractivity contribution is 7.26. The van der Waals surface area contributed by atoms with Crippen molar-refractivity contribution in [1.82, 2.24) is 0 Å². The van der Waals surface area contributed by atoms with Gasteiger partial charge in [0.05, 0.1) is 0 Å². The first-order valence-corrected chi connectivity index (χ1v) is 17.9. The zero-order valence-electron chi connectivity index (χ0n) is 27.0. The number of hydrogen-bond donors (Lipinski definition) is 0. The minimum Gasteiger partial charge on any atom is -0.456 e. The maximum atomic E-state index is 6.44. The van der Waals surface area contributed by atoms with Gasteiger partial charge >= 0.3 is 0 Å². The number of furan rings is 1. The number of fused-ring (bicyclic) bond motifs is 10. The molecule has 0 saturated heterocycles. The lowest BCUT2D eigenvalue weighted by atomic mass is 9.86. The van der Waals surface area contributed by atoms with E-state index in [9.17, 15) is 0 Å². The smallest absolute Gasteiger partial charge is 0.136 e. The van der Waals surface area contributed by atoms with Crippen molar-refractivity contribution in [3.63, 3.8) is 0 Å². The zero-order valence-corrected chi connectivity index (χ0v) is 27.8. The van der Waals surface area contributed by atoms with Crippen LogP contribution in [0.4, 0.5) is 0 Å². The monoisotopic (exact) mass is 652 g/mol. The summed E-state index contributed by atoms with van der Waals surface area (Å²) in [6.45, 7) is 0. The maximum absolute atomic E-state index is 6.44. The topological polar surface area (TPSA) is 13.1 Å². The standard InChI is InChI=1S/C48H28OS/c1-2-11-31(12-3-1)46-35-14-6-8-16-37(35)47(38-17-9-7-15-36(38)46)32-20-18-29(19-21-32)33-22-24-42-39(26-33)40-27-41-45(28-43(40)49-42)50-44-25-23-30-10-4-5-13-34(30)48(41)44/h1-28H. The van der Waals surface area contributed by atoms with Crippen LogP contribution in [0.3, 0.4) is 0 Å². The summed E-state index contributed by atoms with van der Waals surface area (Å²) in [5, 5.41) is 12.6. The molecule has 2 heterocycles. The number of hydrogen-bond acceptors (Lipinski definition) is 2. The molecule has 0 fully saturated rings. The van der Waals surface area contributed by atoms with Crippen LogP contribution in [0.1, 0.15) is 0 Å². The normalized spacial score (nSPS) is 12.0. The van der Waals surface area contributed by atoms with E-state index in [1.54, 1.807) is 0 Å². The molecule has 0 aliphatic heterocycles. The van der Waals surface area contributed by atoms with E-state index in [2.05, 4.69) is 170 Å². The van der Waals surface area contributed by atoms with Crippen LogP contribution in [0.2, 0.25) is 0 Å². The van der Waals surface area contributed by atoms with Gasteiger partial charge in [0.25, 0.3) is 0 Å². The molecule has 0 radical (unpaired) electrons. The van der Waals surface area contributed by atoms with Crippen LogP contribution in [-0.4, -0.2) is 0 Å². The fourth-order valence-corrected chi connectivity index (χ4v) is 9.31. The molecule has 2 heteroatoms.